The lowest BCUT2D eigenvalue weighted by Crippen LogP contribution is -2.11. The smallest absolute Gasteiger partial charge is 0.311 e. The van der Waals surface area contributed by atoms with Crippen LogP contribution in [-0.4, -0.2) is 11.9 Å². The first kappa shape index (κ1) is 19.8. The molecule has 0 saturated carbocycles. The van der Waals surface area contributed by atoms with Crippen molar-refractivity contribution >= 4 is 34.3 Å². The van der Waals surface area contributed by atoms with Gasteiger partial charge < -0.3 is 9.47 Å². The number of ether oxygens (including phenoxy) is 2. The van der Waals surface area contributed by atoms with Gasteiger partial charge in [-0.05, 0) is 41.0 Å². The van der Waals surface area contributed by atoms with E-state index in [0.717, 1.165) is 22.4 Å². The highest BCUT2D eigenvalue weighted by Gasteiger charge is 2.14. The van der Waals surface area contributed by atoms with E-state index in [1.807, 2.05) is 42.5 Å². The molecule has 0 unspecified atom stereocenters. The van der Waals surface area contributed by atoms with Crippen LogP contribution in [0.5, 0.6) is 5.75 Å². The summed E-state index contributed by atoms with van der Waals surface area (Å²) in [6.07, 6.45) is 0.255. The van der Waals surface area contributed by atoms with Gasteiger partial charge in [0.2, 0.25) is 0 Å². The maximum atomic E-state index is 13.6. The van der Waals surface area contributed by atoms with Crippen LogP contribution < -0.4 is 4.74 Å². The number of hydrogen-bond donors (Lipinski definition) is 0. The number of halogens is 2. The topological polar surface area (TPSA) is 52.6 Å². The summed E-state index contributed by atoms with van der Waals surface area (Å²) in [5.74, 6) is -2.08. The Balaban J connectivity index is 1.42. The minimum Gasteiger partial charge on any atom is -0.461 e. The monoisotopic (exact) mass is 400 g/mol. The molecule has 0 aliphatic carbocycles. The van der Waals surface area contributed by atoms with Gasteiger partial charge in [0.1, 0.15) is 6.61 Å². The van der Waals surface area contributed by atoms with Crippen molar-refractivity contribution in [1.29, 1.82) is 0 Å². The number of benzene rings is 3. The summed E-state index contributed by atoms with van der Waals surface area (Å²) < 4.78 is 23.8. The number of para-hydroxylation sites is 1. The number of carbonyl (C=O) groups is 2. The summed E-state index contributed by atoms with van der Waals surface area (Å²) in [7, 11) is 0. The number of rotatable bonds is 7. The van der Waals surface area contributed by atoms with Gasteiger partial charge in [-0.15, -0.1) is 0 Å². The Morgan fingerprint density at radius 2 is 1.64 bits per heavy atom. The summed E-state index contributed by atoms with van der Waals surface area (Å²) in [5, 5.41) is 2.21. The Morgan fingerprint density at radius 3 is 2.43 bits per heavy atom. The third-order valence-corrected chi connectivity index (χ3v) is 4.41. The van der Waals surface area contributed by atoms with Gasteiger partial charge in [0.05, 0.1) is 5.02 Å². The molecular weight excluding hydrogens is 383 g/mol. The molecule has 3 aromatic rings. The SMILES string of the molecule is O=C(CCCC(=O)Oc1c(F)cccc1Cl)OCc1ccc2ccccc2c1. The predicted octanol–water partition coefficient (Wildman–Crippen LogP) is 5.45. The molecule has 3 aromatic carbocycles. The lowest BCUT2D eigenvalue weighted by molar-refractivity contribution is -0.145. The second kappa shape index (κ2) is 9.33. The summed E-state index contributed by atoms with van der Waals surface area (Å²) in [6.45, 7) is 0.166. The molecule has 3 rings (SSSR count). The molecule has 0 aliphatic rings. The van der Waals surface area contributed by atoms with Crippen LogP contribution in [0.3, 0.4) is 0 Å². The van der Waals surface area contributed by atoms with E-state index in [0.29, 0.717) is 0 Å². The highest BCUT2D eigenvalue weighted by atomic mass is 35.5. The normalized spacial score (nSPS) is 10.6. The van der Waals surface area contributed by atoms with Gasteiger partial charge in [-0.3, -0.25) is 9.59 Å². The molecule has 0 saturated heterocycles. The van der Waals surface area contributed by atoms with Gasteiger partial charge >= 0.3 is 11.9 Å². The number of esters is 2. The molecule has 0 N–H and O–H groups in total. The van der Waals surface area contributed by atoms with E-state index in [1.165, 1.54) is 12.1 Å². The maximum Gasteiger partial charge on any atom is 0.311 e. The van der Waals surface area contributed by atoms with E-state index in [9.17, 15) is 14.0 Å². The minimum absolute atomic E-state index is 0.0168. The van der Waals surface area contributed by atoms with Crippen molar-refractivity contribution in [2.45, 2.75) is 25.9 Å². The molecule has 4 nitrogen and oxygen atoms in total. The maximum absolute atomic E-state index is 13.6. The highest BCUT2D eigenvalue weighted by molar-refractivity contribution is 6.32. The van der Waals surface area contributed by atoms with Crippen molar-refractivity contribution in [3.8, 4) is 5.75 Å². The van der Waals surface area contributed by atoms with Crippen molar-refractivity contribution in [3.63, 3.8) is 0 Å². The van der Waals surface area contributed by atoms with Crippen LogP contribution in [-0.2, 0) is 20.9 Å². The fourth-order valence-corrected chi connectivity index (χ4v) is 2.89. The standard InChI is InChI=1S/C22H18ClFO4/c23-18-7-3-8-19(24)22(18)28-21(26)10-4-9-20(25)27-14-15-11-12-16-5-1-2-6-17(16)13-15/h1-3,5-8,11-13H,4,9-10,14H2. The minimum atomic E-state index is -0.712. The Morgan fingerprint density at radius 1 is 0.893 bits per heavy atom. The molecule has 0 fully saturated rings. The summed E-state index contributed by atoms with van der Waals surface area (Å²) in [4.78, 5) is 23.7. The van der Waals surface area contributed by atoms with Gasteiger partial charge in [0.15, 0.2) is 11.6 Å². The van der Waals surface area contributed by atoms with Crippen LogP contribution in [0.15, 0.2) is 60.7 Å². The number of hydrogen-bond acceptors (Lipinski definition) is 4. The van der Waals surface area contributed by atoms with Crippen LogP contribution in [0, 0.1) is 5.82 Å². The third-order valence-electron chi connectivity index (χ3n) is 4.11. The molecule has 0 bridgehead atoms. The van der Waals surface area contributed by atoms with Crippen LogP contribution in [0.25, 0.3) is 10.8 Å². The van der Waals surface area contributed by atoms with Gasteiger partial charge in [-0.2, -0.15) is 0 Å². The summed E-state index contributed by atoms with van der Waals surface area (Å²) in [6, 6.07) is 17.8. The molecule has 0 aromatic heterocycles. The van der Waals surface area contributed by atoms with E-state index >= 15 is 0 Å². The van der Waals surface area contributed by atoms with E-state index in [-0.39, 0.29) is 36.6 Å². The van der Waals surface area contributed by atoms with Crippen molar-refractivity contribution in [1.82, 2.24) is 0 Å². The lowest BCUT2D eigenvalue weighted by Gasteiger charge is -2.08. The zero-order valence-electron chi connectivity index (χ0n) is 15.0. The summed E-state index contributed by atoms with van der Waals surface area (Å²) >= 11 is 5.80. The average Bonchev–Trinajstić information content (AvgIpc) is 2.69. The predicted molar refractivity (Wildman–Crippen MR) is 105 cm³/mol. The Hall–Kier alpha value is -2.92. The van der Waals surface area contributed by atoms with Crippen LogP contribution in [0.2, 0.25) is 5.02 Å². The van der Waals surface area contributed by atoms with E-state index in [1.54, 1.807) is 0 Å². The highest BCUT2D eigenvalue weighted by Crippen LogP contribution is 2.27. The quantitative estimate of drug-likeness (QED) is 0.391. The van der Waals surface area contributed by atoms with Crippen molar-refractivity contribution in [2.75, 3.05) is 0 Å². The molecule has 28 heavy (non-hydrogen) atoms. The van der Waals surface area contributed by atoms with Crippen LogP contribution in [0.4, 0.5) is 4.39 Å². The van der Waals surface area contributed by atoms with Crippen LogP contribution >= 0.6 is 11.6 Å². The zero-order valence-corrected chi connectivity index (χ0v) is 15.7. The molecular formula is C22H18ClFO4. The Labute approximate surface area is 166 Å². The average molecular weight is 401 g/mol. The molecule has 144 valence electrons. The Bertz CT molecular complexity index is 982. The van der Waals surface area contributed by atoms with Crippen molar-refractivity contribution < 1.29 is 23.5 Å². The fourth-order valence-electron chi connectivity index (χ4n) is 2.69. The molecule has 0 heterocycles. The van der Waals surface area contributed by atoms with Gasteiger partial charge in [-0.1, -0.05) is 54.1 Å². The Kier molecular flexibility index (Phi) is 6.61. The first-order valence-corrected chi connectivity index (χ1v) is 9.19. The van der Waals surface area contributed by atoms with Crippen molar-refractivity contribution in [2.24, 2.45) is 0 Å². The summed E-state index contributed by atoms with van der Waals surface area (Å²) in [5.41, 5.74) is 0.889. The molecule has 0 radical (unpaired) electrons. The van der Waals surface area contributed by atoms with Crippen LogP contribution in [0.1, 0.15) is 24.8 Å². The number of fused-ring (bicyclic) bond motifs is 1. The fraction of sp³-hybridized carbons (Fsp3) is 0.182. The zero-order chi connectivity index (χ0) is 19.9. The molecule has 0 spiro atoms. The second-order valence-electron chi connectivity index (χ2n) is 6.22. The second-order valence-corrected chi connectivity index (χ2v) is 6.63. The molecule has 0 atom stereocenters. The lowest BCUT2D eigenvalue weighted by atomic mass is 10.1. The van der Waals surface area contributed by atoms with E-state index < -0.39 is 17.8 Å². The van der Waals surface area contributed by atoms with Gasteiger partial charge in [-0.25, -0.2) is 4.39 Å². The first-order valence-electron chi connectivity index (χ1n) is 8.81. The van der Waals surface area contributed by atoms with Gasteiger partial charge in [0, 0.05) is 12.8 Å². The van der Waals surface area contributed by atoms with Gasteiger partial charge in [0.25, 0.3) is 0 Å². The van der Waals surface area contributed by atoms with E-state index in [4.69, 9.17) is 21.1 Å². The number of carbonyl (C=O) groups excluding carboxylic acids is 2. The molecule has 6 heteroatoms. The molecule has 0 amide bonds. The first-order chi connectivity index (χ1) is 13.5. The molecule has 0 aliphatic heterocycles. The third kappa shape index (κ3) is 5.30. The van der Waals surface area contributed by atoms with E-state index in [2.05, 4.69) is 0 Å². The van der Waals surface area contributed by atoms with Crippen molar-refractivity contribution in [3.05, 3.63) is 77.1 Å². The largest absolute Gasteiger partial charge is 0.461 e.